The molecular weight excluding hydrogens is 216 g/mol. The van der Waals surface area contributed by atoms with Crippen LogP contribution in [0.15, 0.2) is 6.20 Å². The number of nitrogens with zero attached hydrogens (tertiary/aromatic N) is 2. The number of methoxy groups -OCH3 is 1. The van der Waals surface area contributed by atoms with Crippen LogP contribution < -0.4 is 11.5 Å². The van der Waals surface area contributed by atoms with E-state index in [-0.39, 0.29) is 5.95 Å². The zero-order valence-electron chi connectivity index (χ0n) is 7.85. The fraction of sp³-hybridized carbons (Fsp3) is 0.125. The Morgan fingerprint density at radius 3 is 2.93 bits per heavy atom. The van der Waals surface area contributed by atoms with Gasteiger partial charge < -0.3 is 16.2 Å². The molecule has 2 aromatic heterocycles. The number of hydrogen-bond donors (Lipinski definition) is 2. The molecule has 0 aliphatic heterocycles. The lowest BCUT2D eigenvalue weighted by molar-refractivity contribution is 0.0607. The Kier molecular flexibility index (Phi) is 2.16. The van der Waals surface area contributed by atoms with Gasteiger partial charge >= 0.3 is 5.97 Å². The maximum absolute atomic E-state index is 11.3. The number of anilines is 2. The second-order valence-electron chi connectivity index (χ2n) is 2.78. The number of nitrogens with two attached hydrogens (primary N) is 2. The second-order valence-corrected chi connectivity index (χ2v) is 3.78. The number of nitrogen functional groups attached to an aromatic ring is 2. The lowest BCUT2D eigenvalue weighted by atomic mass is 10.3. The molecule has 2 rings (SSSR count). The van der Waals surface area contributed by atoms with Gasteiger partial charge in [0.05, 0.1) is 18.2 Å². The molecule has 0 radical (unpaired) electrons. The van der Waals surface area contributed by atoms with E-state index in [0.717, 1.165) is 11.3 Å². The van der Waals surface area contributed by atoms with Crippen LogP contribution in [0.5, 0.6) is 0 Å². The Morgan fingerprint density at radius 2 is 2.27 bits per heavy atom. The van der Waals surface area contributed by atoms with Gasteiger partial charge in [-0.2, -0.15) is 0 Å². The third-order valence-electron chi connectivity index (χ3n) is 1.88. The minimum atomic E-state index is -0.478. The Hall–Kier alpha value is -1.89. The third-order valence-corrected chi connectivity index (χ3v) is 2.97. The molecule has 4 N–H and O–H groups in total. The summed E-state index contributed by atoms with van der Waals surface area (Å²) in [7, 11) is 1.30. The molecule has 0 spiro atoms. The molecule has 0 aromatic carbocycles. The molecule has 0 aliphatic rings. The highest BCUT2D eigenvalue weighted by Gasteiger charge is 2.17. The number of fused-ring (bicyclic) bond motifs is 1. The lowest BCUT2D eigenvalue weighted by Crippen LogP contribution is -2.01. The van der Waals surface area contributed by atoms with E-state index in [0.29, 0.717) is 20.8 Å². The Balaban J connectivity index is 2.69. The molecule has 0 aliphatic carbocycles. The molecule has 0 atom stereocenters. The molecule has 0 saturated carbocycles. The number of carbonyl (C=O) groups excluding carboxylic acids is 1. The van der Waals surface area contributed by atoms with E-state index in [1.54, 1.807) is 0 Å². The summed E-state index contributed by atoms with van der Waals surface area (Å²) >= 11 is 1.14. The third kappa shape index (κ3) is 1.46. The normalized spacial score (nSPS) is 10.5. The first-order chi connectivity index (χ1) is 7.13. The van der Waals surface area contributed by atoms with Crippen LogP contribution in [-0.4, -0.2) is 23.0 Å². The van der Waals surface area contributed by atoms with Crippen molar-refractivity contribution in [1.29, 1.82) is 0 Å². The first-order valence-electron chi connectivity index (χ1n) is 4.02. The van der Waals surface area contributed by atoms with Gasteiger partial charge in [-0.25, -0.2) is 14.8 Å². The zero-order valence-corrected chi connectivity index (χ0v) is 8.67. The summed E-state index contributed by atoms with van der Waals surface area (Å²) in [6.07, 6.45) is 1.50. The van der Waals surface area contributed by atoms with Crippen LogP contribution in [0.1, 0.15) is 9.67 Å². The molecule has 15 heavy (non-hydrogen) atoms. The topological polar surface area (TPSA) is 104 Å². The molecule has 0 unspecified atom stereocenters. The van der Waals surface area contributed by atoms with Crippen molar-refractivity contribution in [3.63, 3.8) is 0 Å². The predicted octanol–water partition coefficient (Wildman–Crippen LogP) is 0.642. The van der Waals surface area contributed by atoms with Crippen molar-refractivity contribution >= 4 is 39.2 Å². The molecule has 0 saturated heterocycles. The fourth-order valence-electron chi connectivity index (χ4n) is 1.16. The number of rotatable bonds is 1. The molecule has 0 fully saturated rings. The summed E-state index contributed by atoms with van der Waals surface area (Å²) in [5, 5.41) is 0.620. The summed E-state index contributed by atoms with van der Waals surface area (Å²) < 4.78 is 4.59. The summed E-state index contributed by atoms with van der Waals surface area (Å²) in [6.45, 7) is 0. The van der Waals surface area contributed by atoms with Crippen molar-refractivity contribution in [2.45, 2.75) is 0 Å². The fourth-order valence-corrected chi connectivity index (χ4v) is 2.15. The number of carbonyl (C=O) groups is 1. The Morgan fingerprint density at radius 1 is 1.53 bits per heavy atom. The standard InChI is InChI=1S/C8H8N4O2S/c1-14-7(13)5-4(9)3-2-11-8(10)12-6(3)15-5/h2H,9H2,1H3,(H2,10,11,12). The number of aromatic nitrogens is 2. The van der Waals surface area contributed by atoms with Crippen molar-refractivity contribution in [2.75, 3.05) is 18.6 Å². The van der Waals surface area contributed by atoms with Crippen molar-refractivity contribution in [1.82, 2.24) is 9.97 Å². The maximum Gasteiger partial charge on any atom is 0.350 e. The van der Waals surface area contributed by atoms with E-state index < -0.39 is 5.97 Å². The maximum atomic E-state index is 11.3. The smallest absolute Gasteiger partial charge is 0.350 e. The van der Waals surface area contributed by atoms with Crippen molar-refractivity contribution < 1.29 is 9.53 Å². The van der Waals surface area contributed by atoms with Crippen LogP contribution in [0.4, 0.5) is 11.6 Å². The SMILES string of the molecule is COC(=O)c1sc2nc(N)ncc2c1N. The highest BCUT2D eigenvalue weighted by molar-refractivity contribution is 7.21. The Bertz CT molecular complexity index is 537. The van der Waals surface area contributed by atoms with Gasteiger partial charge in [-0.05, 0) is 0 Å². The van der Waals surface area contributed by atoms with Gasteiger partial charge in [-0.15, -0.1) is 11.3 Å². The average molecular weight is 224 g/mol. The minimum Gasteiger partial charge on any atom is -0.465 e. The summed E-state index contributed by atoms with van der Waals surface area (Å²) in [5.41, 5.74) is 11.5. The lowest BCUT2D eigenvalue weighted by Gasteiger charge is -1.95. The van der Waals surface area contributed by atoms with Crippen LogP contribution in [0, 0.1) is 0 Å². The van der Waals surface area contributed by atoms with E-state index in [1.807, 2.05) is 0 Å². The largest absolute Gasteiger partial charge is 0.465 e. The highest BCUT2D eigenvalue weighted by Crippen LogP contribution is 2.32. The van der Waals surface area contributed by atoms with Gasteiger partial charge in [0.25, 0.3) is 0 Å². The molecule has 2 aromatic rings. The van der Waals surface area contributed by atoms with Crippen LogP contribution in [-0.2, 0) is 4.74 Å². The quantitative estimate of drug-likeness (QED) is 0.689. The van der Waals surface area contributed by atoms with E-state index >= 15 is 0 Å². The predicted molar refractivity (Wildman–Crippen MR) is 57.6 cm³/mol. The number of ether oxygens (including phenoxy) is 1. The van der Waals surface area contributed by atoms with E-state index in [9.17, 15) is 4.79 Å². The molecule has 0 amide bonds. The number of hydrogen-bond acceptors (Lipinski definition) is 7. The van der Waals surface area contributed by atoms with Crippen LogP contribution >= 0.6 is 11.3 Å². The summed E-state index contributed by atoms with van der Waals surface area (Å²) in [6, 6.07) is 0. The second kappa shape index (κ2) is 3.35. The first kappa shape index (κ1) is 9.66. The first-order valence-corrected chi connectivity index (χ1v) is 4.84. The van der Waals surface area contributed by atoms with Gasteiger partial charge in [0.15, 0.2) is 0 Å². The van der Waals surface area contributed by atoms with E-state index in [4.69, 9.17) is 11.5 Å². The van der Waals surface area contributed by atoms with Crippen molar-refractivity contribution in [3.8, 4) is 0 Å². The summed E-state index contributed by atoms with van der Waals surface area (Å²) in [5.74, 6) is -0.325. The molecular formula is C8H8N4O2S. The highest BCUT2D eigenvalue weighted by atomic mass is 32.1. The Labute approximate surface area is 88.9 Å². The van der Waals surface area contributed by atoms with Gasteiger partial charge in [-0.1, -0.05) is 0 Å². The molecule has 0 bridgehead atoms. The van der Waals surface area contributed by atoms with Crippen LogP contribution in [0.3, 0.4) is 0 Å². The van der Waals surface area contributed by atoms with E-state index in [2.05, 4.69) is 14.7 Å². The minimum absolute atomic E-state index is 0.153. The van der Waals surface area contributed by atoms with Crippen LogP contribution in [0.2, 0.25) is 0 Å². The van der Waals surface area contributed by atoms with Crippen LogP contribution in [0.25, 0.3) is 10.2 Å². The van der Waals surface area contributed by atoms with E-state index in [1.165, 1.54) is 13.3 Å². The van der Waals surface area contributed by atoms with Gasteiger partial charge in [0.1, 0.15) is 9.71 Å². The van der Waals surface area contributed by atoms with Gasteiger partial charge in [-0.3, -0.25) is 0 Å². The monoisotopic (exact) mass is 224 g/mol. The molecule has 7 heteroatoms. The molecule has 78 valence electrons. The van der Waals surface area contributed by atoms with Crippen molar-refractivity contribution in [3.05, 3.63) is 11.1 Å². The van der Waals surface area contributed by atoms with Crippen molar-refractivity contribution in [2.24, 2.45) is 0 Å². The summed E-state index contributed by atoms with van der Waals surface area (Å²) in [4.78, 5) is 20.0. The van der Waals surface area contributed by atoms with Gasteiger partial charge in [0, 0.05) is 6.20 Å². The van der Waals surface area contributed by atoms with Gasteiger partial charge in [0.2, 0.25) is 5.95 Å². The average Bonchev–Trinajstić information content (AvgIpc) is 2.54. The number of thiophene rings is 1. The number of esters is 1. The molecule has 6 nitrogen and oxygen atoms in total. The zero-order chi connectivity index (χ0) is 11.0. The molecule has 2 heterocycles.